The fourth-order valence-corrected chi connectivity index (χ4v) is 8.46. The number of carbonyl (C=O) groups is 3. The summed E-state index contributed by atoms with van der Waals surface area (Å²) in [4.78, 5) is 46.4. The van der Waals surface area contributed by atoms with E-state index in [9.17, 15) is 14.4 Å². The Labute approximate surface area is 228 Å². The Morgan fingerprint density at radius 2 is 1.63 bits per heavy atom. The van der Waals surface area contributed by atoms with Crippen LogP contribution in [0.15, 0.2) is 89.4 Å². The summed E-state index contributed by atoms with van der Waals surface area (Å²) in [5.41, 5.74) is 1.11. The van der Waals surface area contributed by atoms with Gasteiger partial charge < -0.3 is 5.32 Å². The predicted molar refractivity (Wildman–Crippen MR) is 148 cm³/mol. The highest BCUT2D eigenvalue weighted by Crippen LogP contribution is 2.67. The van der Waals surface area contributed by atoms with Crippen molar-refractivity contribution in [2.75, 3.05) is 11.9 Å². The SMILES string of the molecule is O=C(c1ccc(Br)cc1)[C@H]1[C@]2(C(=O)Nc3ccccc32)[C@@H]2CCCN2[C@@]12C(=O)c1cccc3cccc2c13. The van der Waals surface area contributed by atoms with Crippen LogP contribution in [-0.4, -0.2) is 35.0 Å². The lowest BCUT2D eigenvalue weighted by Crippen LogP contribution is -2.55. The van der Waals surface area contributed by atoms with Crippen LogP contribution in [0, 0.1) is 5.92 Å². The maximum absolute atomic E-state index is 14.9. The molecule has 186 valence electrons. The average Bonchev–Trinajstić information content (AvgIpc) is 3.65. The third-order valence-electron chi connectivity index (χ3n) is 9.40. The molecule has 4 aliphatic rings. The normalized spacial score (nSPS) is 28.9. The van der Waals surface area contributed by atoms with Gasteiger partial charge in [0.2, 0.25) is 5.91 Å². The van der Waals surface area contributed by atoms with Crippen LogP contribution in [0.25, 0.3) is 10.8 Å². The number of para-hydroxylation sites is 1. The highest BCUT2D eigenvalue weighted by atomic mass is 79.9. The Bertz CT molecular complexity index is 1730. The number of benzene rings is 4. The minimum atomic E-state index is -1.26. The van der Waals surface area contributed by atoms with Crippen molar-refractivity contribution >= 4 is 49.9 Å². The number of hydrogen-bond donors (Lipinski definition) is 1. The van der Waals surface area contributed by atoms with Gasteiger partial charge in [-0.3, -0.25) is 19.3 Å². The molecule has 3 heterocycles. The largest absolute Gasteiger partial charge is 0.325 e. The van der Waals surface area contributed by atoms with Gasteiger partial charge in [0.25, 0.3) is 0 Å². The molecule has 4 aromatic carbocycles. The molecule has 0 unspecified atom stereocenters. The lowest BCUT2D eigenvalue weighted by Gasteiger charge is -2.39. The molecule has 4 aromatic rings. The summed E-state index contributed by atoms with van der Waals surface area (Å²) < 4.78 is 0.864. The third-order valence-corrected chi connectivity index (χ3v) is 9.93. The smallest absolute Gasteiger partial charge is 0.237 e. The topological polar surface area (TPSA) is 66.5 Å². The van der Waals surface area contributed by atoms with E-state index in [1.807, 2.05) is 72.8 Å². The molecule has 5 nitrogen and oxygen atoms in total. The molecule has 2 saturated heterocycles. The van der Waals surface area contributed by atoms with Crippen LogP contribution < -0.4 is 5.32 Å². The van der Waals surface area contributed by atoms with Gasteiger partial charge in [-0.2, -0.15) is 0 Å². The first-order valence-corrected chi connectivity index (χ1v) is 13.8. The van der Waals surface area contributed by atoms with Crippen molar-refractivity contribution in [2.24, 2.45) is 5.92 Å². The highest BCUT2D eigenvalue weighted by Gasteiger charge is 2.78. The molecular weight excluding hydrogens is 540 g/mol. The molecule has 1 amide bonds. The molecule has 4 atom stereocenters. The highest BCUT2D eigenvalue weighted by molar-refractivity contribution is 9.10. The number of amides is 1. The fourth-order valence-electron chi connectivity index (χ4n) is 8.19. The van der Waals surface area contributed by atoms with Gasteiger partial charge in [-0.05, 0) is 59.5 Å². The second kappa shape index (κ2) is 7.49. The molecule has 0 bridgehead atoms. The van der Waals surface area contributed by atoms with Gasteiger partial charge in [-0.15, -0.1) is 0 Å². The van der Waals surface area contributed by atoms with Crippen molar-refractivity contribution in [3.8, 4) is 0 Å². The monoisotopic (exact) mass is 562 g/mol. The van der Waals surface area contributed by atoms with E-state index >= 15 is 0 Å². The summed E-state index contributed by atoms with van der Waals surface area (Å²) in [5.74, 6) is -1.34. The van der Waals surface area contributed by atoms with E-state index in [0.717, 1.165) is 44.9 Å². The third kappa shape index (κ3) is 2.40. The van der Waals surface area contributed by atoms with Crippen LogP contribution in [0.1, 0.15) is 44.7 Å². The molecule has 2 spiro atoms. The quantitative estimate of drug-likeness (QED) is 0.311. The molecule has 38 heavy (non-hydrogen) atoms. The molecule has 0 radical (unpaired) electrons. The molecular formula is C32H23BrN2O3. The number of rotatable bonds is 2. The summed E-state index contributed by atoms with van der Waals surface area (Å²) in [6.07, 6.45) is 1.61. The minimum Gasteiger partial charge on any atom is -0.325 e. The zero-order valence-corrected chi connectivity index (χ0v) is 22.0. The van der Waals surface area contributed by atoms with Gasteiger partial charge in [-0.1, -0.05) is 82.7 Å². The summed E-state index contributed by atoms with van der Waals surface area (Å²) in [6, 6.07) is 26.5. The molecule has 1 aliphatic carbocycles. The van der Waals surface area contributed by atoms with Gasteiger partial charge in [-0.25, -0.2) is 0 Å². The number of hydrogen-bond acceptors (Lipinski definition) is 4. The Morgan fingerprint density at radius 1 is 0.895 bits per heavy atom. The number of halogens is 1. The lowest BCUT2D eigenvalue weighted by atomic mass is 9.59. The van der Waals surface area contributed by atoms with E-state index in [2.05, 4.69) is 26.1 Å². The number of carbonyl (C=O) groups excluding carboxylic acids is 3. The van der Waals surface area contributed by atoms with Crippen molar-refractivity contribution in [2.45, 2.75) is 29.8 Å². The van der Waals surface area contributed by atoms with Crippen molar-refractivity contribution in [1.29, 1.82) is 0 Å². The van der Waals surface area contributed by atoms with Gasteiger partial charge in [0.15, 0.2) is 11.6 Å². The summed E-state index contributed by atoms with van der Waals surface area (Å²) in [5, 5.41) is 5.00. The molecule has 8 rings (SSSR count). The van der Waals surface area contributed by atoms with Gasteiger partial charge in [0.05, 0.1) is 5.92 Å². The standard InChI is InChI=1S/C32H23BrN2O3/c33-20-15-13-19(14-16-20)27(36)28-31(22-9-1-2-11-24(22)34-30(31)38)25-12-5-17-35(25)32(28)23-10-4-7-18-6-3-8-21(26(18)23)29(32)37/h1-4,6-11,13-16,25,28H,5,12,17H2,(H,34,38)/t25-,28-,31+,32+/m0/s1. The number of anilines is 1. The number of nitrogens with zero attached hydrogens (tertiary/aromatic N) is 1. The first-order valence-electron chi connectivity index (χ1n) is 13.0. The number of nitrogens with one attached hydrogen (secondary N) is 1. The molecule has 3 aliphatic heterocycles. The van der Waals surface area contributed by atoms with Crippen molar-refractivity contribution in [3.63, 3.8) is 0 Å². The second-order valence-corrected chi connectivity index (χ2v) is 11.7. The maximum Gasteiger partial charge on any atom is 0.237 e. The van der Waals surface area contributed by atoms with Crippen LogP contribution >= 0.6 is 15.9 Å². The molecule has 0 aromatic heterocycles. The first kappa shape index (κ1) is 22.4. The Hall–Kier alpha value is -3.61. The van der Waals surface area contributed by atoms with Crippen LogP contribution in [0.2, 0.25) is 0 Å². The Balaban J connectivity index is 1.51. The van der Waals surface area contributed by atoms with Crippen molar-refractivity contribution < 1.29 is 14.4 Å². The van der Waals surface area contributed by atoms with E-state index in [-0.39, 0.29) is 23.5 Å². The number of ketones is 2. The summed E-state index contributed by atoms with van der Waals surface area (Å²) >= 11 is 3.48. The van der Waals surface area contributed by atoms with E-state index in [0.29, 0.717) is 17.7 Å². The van der Waals surface area contributed by atoms with Gasteiger partial charge >= 0.3 is 0 Å². The predicted octanol–water partition coefficient (Wildman–Crippen LogP) is 5.86. The van der Waals surface area contributed by atoms with Crippen molar-refractivity contribution in [1.82, 2.24) is 4.90 Å². The van der Waals surface area contributed by atoms with Crippen LogP contribution in [0.4, 0.5) is 5.69 Å². The number of Topliss-reactive ketones (excluding diaryl/α,β-unsaturated/α-hetero) is 2. The Kier molecular flexibility index (Phi) is 4.41. The summed E-state index contributed by atoms with van der Waals surface area (Å²) in [6.45, 7) is 0.655. The van der Waals surface area contributed by atoms with E-state index in [4.69, 9.17) is 0 Å². The summed E-state index contributed by atoms with van der Waals surface area (Å²) in [7, 11) is 0. The van der Waals surface area contributed by atoms with Crippen LogP contribution in [0.3, 0.4) is 0 Å². The molecule has 6 heteroatoms. The second-order valence-electron chi connectivity index (χ2n) is 10.8. The fraction of sp³-hybridized carbons (Fsp3) is 0.219. The molecule has 2 fully saturated rings. The van der Waals surface area contributed by atoms with Crippen molar-refractivity contribution in [3.05, 3.63) is 112 Å². The van der Waals surface area contributed by atoms with Gasteiger partial charge in [0, 0.05) is 27.3 Å². The first-order chi connectivity index (χ1) is 18.5. The minimum absolute atomic E-state index is 0.0688. The van der Waals surface area contributed by atoms with E-state index in [1.54, 1.807) is 12.1 Å². The maximum atomic E-state index is 14.9. The zero-order chi connectivity index (χ0) is 25.8. The zero-order valence-electron chi connectivity index (χ0n) is 20.4. The Morgan fingerprint density at radius 3 is 2.45 bits per heavy atom. The van der Waals surface area contributed by atoms with Gasteiger partial charge in [0.1, 0.15) is 11.0 Å². The van der Waals surface area contributed by atoms with Crippen LogP contribution in [0.5, 0.6) is 0 Å². The average molecular weight is 563 g/mol. The lowest BCUT2D eigenvalue weighted by molar-refractivity contribution is -0.122. The number of fused-ring (bicyclic) bond motifs is 6. The van der Waals surface area contributed by atoms with Crippen LogP contribution in [-0.2, 0) is 15.7 Å². The van der Waals surface area contributed by atoms with E-state index < -0.39 is 16.9 Å². The van der Waals surface area contributed by atoms with E-state index in [1.165, 1.54) is 0 Å². The molecule has 1 N–H and O–H groups in total. The molecule has 0 saturated carbocycles.